The molecule has 2 amide bonds. The maximum absolute atomic E-state index is 14.2. The molecule has 20 nitrogen and oxygen atoms in total. The van der Waals surface area contributed by atoms with Crippen LogP contribution in [0.15, 0.2) is 119 Å². The average Bonchev–Trinajstić information content (AvgIpc) is 3.96. The number of benzene rings is 3. The van der Waals surface area contributed by atoms with E-state index in [1.807, 2.05) is 48.3 Å². The van der Waals surface area contributed by atoms with Gasteiger partial charge in [-0.2, -0.15) is 4.98 Å². The van der Waals surface area contributed by atoms with Crippen LogP contribution in [0.4, 0.5) is 24.3 Å². The molecule has 8 aromatic rings. The normalized spacial score (nSPS) is 11.9. The molecule has 26 heteroatoms. The zero-order valence-electron chi connectivity index (χ0n) is 42.7. The van der Waals surface area contributed by atoms with Crippen LogP contribution in [-0.4, -0.2) is 109 Å². The van der Waals surface area contributed by atoms with Gasteiger partial charge >= 0.3 is 18.1 Å². The zero-order valence-corrected chi connectivity index (χ0v) is 46.0. The summed E-state index contributed by atoms with van der Waals surface area (Å²) in [5.74, 6) is -4.49. The van der Waals surface area contributed by atoms with Crippen molar-refractivity contribution in [3.8, 4) is 28.3 Å². The molecule has 0 aliphatic heterocycles. The minimum atomic E-state index is -1.44. The fourth-order valence-electron chi connectivity index (χ4n) is 7.86. The number of fused-ring (bicyclic) bond motifs is 2. The number of hydrogen-bond donors (Lipinski definition) is 6. The van der Waals surface area contributed by atoms with Crippen molar-refractivity contribution in [1.29, 1.82) is 0 Å². The fraction of sp³-hybridized carbons (Fsp3) is 0.222. The van der Waals surface area contributed by atoms with Gasteiger partial charge in [0.05, 0.1) is 49.7 Å². The lowest BCUT2D eigenvalue weighted by molar-refractivity contribution is -0.142. The Balaban J connectivity index is 0.737. The van der Waals surface area contributed by atoms with Crippen LogP contribution >= 0.6 is 44.9 Å². The number of hydrogen-bond acceptors (Lipinski definition) is 19. The summed E-state index contributed by atoms with van der Waals surface area (Å²) in [6, 6.07) is 23.8. The van der Waals surface area contributed by atoms with Crippen molar-refractivity contribution < 1.29 is 57.2 Å². The van der Waals surface area contributed by atoms with Crippen molar-refractivity contribution >= 4 is 107 Å². The summed E-state index contributed by atoms with van der Waals surface area (Å²) < 4.78 is 46.5. The largest absolute Gasteiger partial charge is 0.508 e. The Labute approximate surface area is 471 Å². The third kappa shape index (κ3) is 15.3. The topological polar surface area (TPSA) is 277 Å². The van der Waals surface area contributed by atoms with Gasteiger partial charge in [-0.15, -0.1) is 11.3 Å². The van der Waals surface area contributed by atoms with Crippen LogP contribution in [0.1, 0.15) is 39.6 Å². The van der Waals surface area contributed by atoms with E-state index in [1.165, 1.54) is 30.0 Å². The number of aromatic amines is 1. The Morgan fingerprint density at radius 2 is 1.65 bits per heavy atom. The van der Waals surface area contributed by atoms with Gasteiger partial charge in [-0.1, -0.05) is 39.8 Å². The summed E-state index contributed by atoms with van der Waals surface area (Å²) in [4.78, 5) is 97.7. The summed E-state index contributed by atoms with van der Waals surface area (Å²) in [7, 11) is 5.58. The van der Waals surface area contributed by atoms with E-state index < -0.39 is 53.6 Å². The van der Waals surface area contributed by atoms with Crippen LogP contribution in [0.2, 0.25) is 0 Å². The van der Waals surface area contributed by atoms with E-state index in [0.717, 1.165) is 73.3 Å². The number of carbonyl (C=O) groups is 5. The first-order valence-corrected chi connectivity index (χ1v) is 28.3. The average molecular weight is 1170 g/mol. The minimum Gasteiger partial charge on any atom is -0.480 e. The number of pyridine rings is 3. The SMILES string of the molecule is COc1nc(-c2ccc3nccc(-c4ccc(COC(=O)OCCSSCC(NC(=O)CCC(NC(=O)c5ccc(N(C)Cc6ccc7[nH]c(C)nc(=O)c7c6)s5)C(=O)O)C(=O)O)nc4)c3c2)ccc1NSc1ccc(F)cc1F. The lowest BCUT2D eigenvalue weighted by Crippen LogP contribution is -2.44. The van der Waals surface area contributed by atoms with Gasteiger partial charge in [-0.3, -0.25) is 24.4 Å². The number of aromatic nitrogens is 5. The van der Waals surface area contributed by atoms with Crippen LogP contribution in [0, 0.1) is 18.6 Å². The molecule has 0 fully saturated rings. The molecule has 0 bridgehead atoms. The van der Waals surface area contributed by atoms with Crippen molar-refractivity contribution in [2.24, 2.45) is 0 Å². The number of carbonyl (C=O) groups excluding carboxylic acids is 3. The molecule has 6 N–H and O–H groups in total. The molecule has 0 aliphatic rings. The van der Waals surface area contributed by atoms with Crippen LogP contribution in [0.3, 0.4) is 0 Å². The number of rotatable bonds is 25. The van der Waals surface area contributed by atoms with Crippen LogP contribution in [0.25, 0.3) is 44.2 Å². The molecule has 0 saturated heterocycles. The highest BCUT2D eigenvalue weighted by atomic mass is 33.1. The molecule has 8 rings (SSSR count). The number of halogens is 2. The molecule has 414 valence electrons. The van der Waals surface area contributed by atoms with Gasteiger partial charge < -0.3 is 49.7 Å². The molecule has 0 spiro atoms. The van der Waals surface area contributed by atoms with Gasteiger partial charge in [0.2, 0.25) is 11.8 Å². The Kier molecular flexibility index (Phi) is 19.5. The summed E-state index contributed by atoms with van der Waals surface area (Å²) in [6.07, 6.45) is 1.69. The van der Waals surface area contributed by atoms with Crippen LogP contribution in [0.5, 0.6) is 5.88 Å². The standard InChI is InChI=1S/C54H49F2N9O11S4/c1-29-59-41-9-4-30(22-37(41)49(67)60-29)26-65(2)48-17-15-46(79-48)50(68)62-43(52(69)70)13-16-47(66)61-44(53(71)72)28-78-77-21-20-75-54(73)76-27-34-8-5-32(25-58-34)35-18-19-57-40-10-6-31(23-36(35)40)39-11-12-42(51(63-39)74-3)64-80-45-14-7-33(55)24-38(45)56/h4-12,14-15,17-19,22-25,43-44,64H,13,16,20-21,26-28H2,1-3H3,(H,61,66)(H,62,68)(H,69,70)(H,71,72)(H,59,60,67). The van der Waals surface area contributed by atoms with E-state index in [-0.39, 0.29) is 58.8 Å². The van der Waals surface area contributed by atoms with Gasteiger partial charge in [0.15, 0.2) is 0 Å². The quantitative estimate of drug-likeness (QED) is 0.0135. The molecule has 3 aromatic carbocycles. The van der Waals surface area contributed by atoms with Crippen molar-refractivity contribution in [1.82, 2.24) is 35.6 Å². The van der Waals surface area contributed by atoms with Crippen LogP contribution < -0.4 is 30.6 Å². The maximum atomic E-state index is 14.2. The number of nitrogens with one attached hydrogen (secondary N) is 4. The Morgan fingerprint density at radius 3 is 2.41 bits per heavy atom. The second-order valence-electron chi connectivity index (χ2n) is 17.5. The monoisotopic (exact) mass is 1170 g/mol. The Hall–Kier alpha value is -8.33. The van der Waals surface area contributed by atoms with Gasteiger partial charge in [0.1, 0.15) is 48.4 Å². The second kappa shape index (κ2) is 27.0. The molecular weight excluding hydrogens is 1120 g/mol. The third-order valence-electron chi connectivity index (χ3n) is 11.8. The molecule has 80 heavy (non-hydrogen) atoms. The van der Waals surface area contributed by atoms with Crippen molar-refractivity contribution in [3.63, 3.8) is 0 Å². The number of nitrogens with zero attached hydrogens (tertiary/aromatic N) is 5. The zero-order chi connectivity index (χ0) is 56.9. The van der Waals surface area contributed by atoms with E-state index in [0.29, 0.717) is 45.3 Å². The van der Waals surface area contributed by atoms with Crippen molar-refractivity contribution in [3.05, 3.63) is 153 Å². The predicted octanol–water partition coefficient (Wildman–Crippen LogP) is 9.28. The summed E-state index contributed by atoms with van der Waals surface area (Å²) in [5, 5.41) is 26.4. The number of methoxy groups -OCH3 is 1. The Bertz CT molecular complexity index is 3650. The smallest absolute Gasteiger partial charge is 0.480 e. The first kappa shape index (κ1) is 57.8. The van der Waals surface area contributed by atoms with E-state index >= 15 is 0 Å². The maximum Gasteiger partial charge on any atom is 0.508 e. The highest BCUT2D eigenvalue weighted by Crippen LogP contribution is 2.35. The summed E-state index contributed by atoms with van der Waals surface area (Å²) in [6.45, 7) is 1.86. The first-order chi connectivity index (χ1) is 38.5. The minimum absolute atomic E-state index is 0.0660. The van der Waals surface area contributed by atoms with Crippen LogP contribution in [-0.2, 0) is 37.0 Å². The number of carboxylic acids is 2. The number of anilines is 2. The molecule has 0 radical (unpaired) electrons. The van der Waals surface area contributed by atoms with Gasteiger partial charge in [-0.25, -0.2) is 28.1 Å². The molecule has 5 heterocycles. The first-order valence-electron chi connectivity index (χ1n) is 24.2. The summed E-state index contributed by atoms with van der Waals surface area (Å²) in [5.41, 5.74) is 5.77. The number of carboxylic acid groups (broad SMARTS) is 2. The van der Waals surface area contributed by atoms with E-state index in [9.17, 15) is 47.8 Å². The molecule has 0 saturated carbocycles. The lowest BCUT2D eigenvalue weighted by atomic mass is 9.99. The van der Waals surface area contributed by atoms with Gasteiger partial charge in [0.25, 0.3) is 11.5 Å². The highest BCUT2D eigenvalue weighted by Gasteiger charge is 2.26. The second-order valence-corrected chi connectivity index (χ2v) is 22.1. The van der Waals surface area contributed by atoms with Crippen molar-refractivity contribution in [2.45, 2.75) is 49.9 Å². The van der Waals surface area contributed by atoms with Crippen molar-refractivity contribution in [2.75, 3.05) is 41.9 Å². The fourth-order valence-corrected chi connectivity index (χ4v) is 11.4. The molecule has 2 unspecified atom stereocenters. The molecule has 2 atom stereocenters. The number of amides is 2. The molecule has 0 aliphatic carbocycles. The van der Waals surface area contributed by atoms with E-state index in [1.54, 1.807) is 61.8 Å². The van der Waals surface area contributed by atoms with Gasteiger partial charge in [-0.05, 0) is 109 Å². The number of ether oxygens (including phenoxy) is 3. The highest BCUT2D eigenvalue weighted by molar-refractivity contribution is 8.76. The predicted molar refractivity (Wildman–Crippen MR) is 303 cm³/mol. The lowest BCUT2D eigenvalue weighted by Gasteiger charge is -2.17. The number of aryl methyl sites for hydroxylation is 1. The Morgan fingerprint density at radius 1 is 0.838 bits per heavy atom. The number of H-pyrrole nitrogens is 1. The molecular formula is C54H49F2N9O11S4. The summed E-state index contributed by atoms with van der Waals surface area (Å²) >= 11 is 2.08. The third-order valence-corrected chi connectivity index (χ3v) is 16.3. The molecule has 5 aromatic heterocycles. The number of thiophene rings is 1. The van der Waals surface area contributed by atoms with E-state index in [2.05, 4.69) is 40.3 Å². The number of aliphatic carboxylic acids is 2. The van der Waals surface area contributed by atoms with Gasteiger partial charge in [0, 0.05) is 66.5 Å². The van der Waals surface area contributed by atoms with E-state index in [4.69, 9.17) is 14.2 Å².